The van der Waals surface area contributed by atoms with Crippen molar-refractivity contribution in [2.24, 2.45) is 5.92 Å². The number of fused-ring (bicyclic) bond motifs is 3. The zero-order valence-corrected chi connectivity index (χ0v) is 19.6. The van der Waals surface area contributed by atoms with Gasteiger partial charge in [0.25, 0.3) is 0 Å². The van der Waals surface area contributed by atoms with Crippen LogP contribution in [0.25, 0.3) is 11.1 Å². The summed E-state index contributed by atoms with van der Waals surface area (Å²) in [6.45, 7) is 3.89. The predicted octanol–water partition coefficient (Wildman–Crippen LogP) is 2.68. The summed E-state index contributed by atoms with van der Waals surface area (Å²) < 4.78 is 10.4. The number of esters is 1. The molecule has 180 valence electrons. The number of alkyl carbamates (subject to hydrolysis) is 1. The van der Waals surface area contributed by atoms with E-state index in [-0.39, 0.29) is 25.0 Å². The highest BCUT2D eigenvalue weighted by atomic mass is 16.5. The maximum atomic E-state index is 13.0. The van der Waals surface area contributed by atoms with Gasteiger partial charge in [0.05, 0.1) is 13.7 Å². The van der Waals surface area contributed by atoms with E-state index in [1.54, 1.807) is 0 Å². The van der Waals surface area contributed by atoms with Gasteiger partial charge in [-0.2, -0.15) is 0 Å². The third-order valence-electron chi connectivity index (χ3n) is 6.48. The Kier molecular flexibility index (Phi) is 6.88. The molecule has 1 heterocycles. The van der Waals surface area contributed by atoms with Gasteiger partial charge in [0.1, 0.15) is 24.8 Å². The molecular formula is C26H30N2O6. The van der Waals surface area contributed by atoms with Crippen LogP contribution in [0.5, 0.6) is 0 Å². The zero-order valence-electron chi connectivity index (χ0n) is 19.6. The molecule has 0 spiro atoms. The van der Waals surface area contributed by atoms with Crippen molar-refractivity contribution < 1.29 is 29.0 Å². The number of hydrogen-bond acceptors (Lipinski definition) is 6. The zero-order chi connectivity index (χ0) is 24.4. The van der Waals surface area contributed by atoms with Gasteiger partial charge in [0.2, 0.25) is 5.91 Å². The average Bonchev–Trinajstić information content (AvgIpc) is 3.29. The van der Waals surface area contributed by atoms with E-state index in [2.05, 4.69) is 5.32 Å². The average molecular weight is 467 g/mol. The standard InChI is InChI=1S/C26H30N2O6/c1-15(2)12-21(25(31)33-3)28-13-22(29)23(24(28)30)27-26(32)34-14-20-18-10-6-4-8-16(18)17-9-5-7-11-19(17)20/h4-11,15,20-23,29H,12-14H2,1-3H3,(H,27,32)/t21-,22+,23+/m1/s1. The summed E-state index contributed by atoms with van der Waals surface area (Å²) in [5.74, 6) is -1.06. The minimum atomic E-state index is -1.19. The van der Waals surface area contributed by atoms with Gasteiger partial charge in [0, 0.05) is 5.92 Å². The number of likely N-dealkylation sites (tertiary alicyclic amines) is 1. The lowest BCUT2D eigenvalue weighted by Crippen LogP contribution is -2.49. The SMILES string of the molecule is COC(=O)[C@@H](CC(C)C)N1C[C@H](O)[C@H](NC(=O)OCC2c3ccccc3-c3ccccc32)C1=O. The second-order valence-electron chi connectivity index (χ2n) is 9.17. The second kappa shape index (κ2) is 9.85. The van der Waals surface area contributed by atoms with Crippen molar-refractivity contribution in [3.8, 4) is 11.1 Å². The van der Waals surface area contributed by atoms with Crippen molar-refractivity contribution in [2.45, 2.75) is 44.4 Å². The van der Waals surface area contributed by atoms with Crippen molar-refractivity contribution in [1.82, 2.24) is 10.2 Å². The van der Waals surface area contributed by atoms with Gasteiger partial charge in [-0.05, 0) is 34.6 Å². The smallest absolute Gasteiger partial charge is 0.407 e. The molecule has 0 bridgehead atoms. The molecule has 0 unspecified atom stereocenters. The van der Waals surface area contributed by atoms with E-state index in [0.717, 1.165) is 22.3 Å². The molecule has 2 aromatic rings. The molecule has 3 atom stereocenters. The first-order valence-electron chi connectivity index (χ1n) is 11.5. The summed E-state index contributed by atoms with van der Waals surface area (Å²) in [6.07, 6.45) is -1.56. The van der Waals surface area contributed by atoms with Crippen LogP contribution in [0.4, 0.5) is 4.79 Å². The Labute approximate surface area is 198 Å². The summed E-state index contributed by atoms with van der Waals surface area (Å²) in [7, 11) is 1.26. The van der Waals surface area contributed by atoms with Gasteiger partial charge >= 0.3 is 12.1 Å². The monoisotopic (exact) mass is 466 g/mol. The van der Waals surface area contributed by atoms with Crippen molar-refractivity contribution >= 4 is 18.0 Å². The van der Waals surface area contributed by atoms with E-state index in [4.69, 9.17) is 9.47 Å². The number of rotatable bonds is 7. The molecular weight excluding hydrogens is 436 g/mol. The van der Waals surface area contributed by atoms with E-state index in [0.29, 0.717) is 6.42 Å². The third-order valence-corrected chi connectivity index (χ3v) is 6.48. The summed E-state index contributed by atoms with van der Waals surface area (Å²) in [5, 5.41) is 13.0. The van der Waals surface area contributed by atoms with E-state index in [1.165, 1.54) is 12.0 Å². The van der Waals surface area contributed by atoms with Crippen LogP contribution in [0, 0.1) is 5.92 Å². The normalized spacial score (nSPS) is 20.1. The number of aliphatic hydroxyl groups excluding tert-OH is 1. The molecule has 8 heteroatoms. The minimum Gasteiger partial charge on any atom is -0.467 e. The molecule has 34 heavy (non-hydrogen) atoms. The fourth-order valence-electron chi connectivity index (χ4n) is 4.88. The molecule has 0 radical (unpaired) electrons. The quantitative estimate of drug-likeness (QED) is 0.608. The Morgan fingerprint density at radius 1 is 1.09 bits per heavy atom. The number of nitrogens with zero attached hydrogens (tertiary/aromatic N) is 1. The largest absolute Gasteiger partial charge is 0.467 e. The van der Waals surface area contributed by atoms with Gasteiger partial charge in [-0.3, -0.25) is 4.79 Å². The number of carbonyl (C=O) groups is 3. The van der Waals surface area contributed by atoms with Gasteiger partial charge in [-0.15, -0.1) is 0 Å². The van der Waals surface area contributed by atoms with Crippen LogP contribution in [0.2, 0.25) is 0 Å². The van der Waals surface area contributed by atoms with Crippen LogP contribution >= 0.6 is 0 Å². The van der Waals surface area contributed by atoms with Crippen molar-refractivity contribution in [1.29, 1.82) is 0 Å². The second-order valence-corrected chi connectivity index (χ2v) is 9.17. The van der Waals surface area contributed by atoms with E-state index in [9.17, 15) is 19.5 Å². The van der Waals surface area contributed by atoms with E-state index in [1.807, 2.05) is 62.4 Å². The van der Waals surface area contributed by atoms with Gasteiger partial charge in [-0.25, -0.2) is 9.59 Å². The number of methoxy groups -OCH3 is 1. The first-order valence-corrected chi connectivity index (χ1v) is 11.5. The molecule has 1 aliphatic heterocycles. The highest BCUT2D eigenvalue weighted by Gasteiger charge is 2.46. The van der Waals surface area contributed by atoms with Gasteiger partial charge in [-0.1, -0.05) is 62.4 Å². The number of β-amino-alcohol motifs (C(OH)–C–C–N with tert-alkyl or cyclic N) is 1. The number of ether oxygens (including phenoxy) is 2. The molecule has 1 saturated heterocycles. The Morgan fingerprint density at radius 3 is 2.24 bits per heavy atom. The maximum Gasteiger partial charge on any atom is 0.407 e. The maximum absolute atomic E-state index is 13.0. The van der Waals surface area contributed by atoms with Gasteiger partial charge < -0.3 is 24.8 Å². The molecule has 1 fully saturated rings. The molecule has 2 amide bonds. The lowest BCUT2D eigenvalue weighted by molar-refractivity contribution is -0.152. The van der Waals surface area contributed by atoms with Gasteiger partial charge in [0.15, 0.2) is 0 Å². The number of hydrogen-bond donors (Lipinski definition) is 2. The number of aliphatic hydroxyl groups is 1. The fraction of sp³-hybridized carbons (Fsp3) is 0.423. The molecule has 8 nitrogen and oxygen atoms in total. The first kappa shape index (κ1) is 23.8. The van der Waals surface area contributed by atoms with Crippen LogP contribution < -0.4 is 5.32 Å². The van der Waals surface area contributed by atoms with Crippen LogP contribution in [0.15, 0.2) is 48.5 Å². The van der Waals surface area contributed by atoms with E-state index < -0.39 is 36.2 Å². The Hall–Kier alpha value is -3.39. The Balaban J connectivity index is 1.42. The summed E-state index contributed by atoms with van der Waals surface area (Å²) in [6, 6.07) is 14.0. The lowest BCUT2D eigenvalue weighted by Gasteiger charge is -2.27. The molecule has 4 rings (SSSR count). The van der Waals surface area contributed by atoms with Crippen LogP contribution in [0.1, 0.15) is 37.3 Å². The first-order chi connectivity index (χ1) is 16.3. The van der Waals surface area contributed by atoms with Crippen molar-refractivity contribution in [3.63, 3.8) is 0 Å². The third kappa shape index (κ3) is 4.50. The molecule has 2 N–H and O–H groups in total. The summed E-state index contributed by atoms with van der Waals surface area (Å²) in [4.78, 5) is 39.1. The minimum absolute atomic E-state index is 0.0698. The molecule has 0 aromatic heterocycles. The molecule has 1 aliphatic carbocycles. The Morgan fingerprint density at radius 2 is 1.68 bits per heavy atom. The molecule has 2 aliphatic rings. The van der Waals surface area contributed by atoms with Crippen molar-refractivity contribution in [3.05, 3.63) is 59.7 Å². The summed E-state index contributed by atoms with van der Waals surface area (Å²) in [5.41, 5.74) is 4.38. The van der Waals surface area contributed by atoms with Crippen molar-refractivity contribution in [2.75, 3.05) is 20.3 Å². The fourth-order valence-corrected chi connectivity index (χ4v) is 4.88. The summed E-state index contributed by atoms with van der Waals surface area (Å²) >= 11 is 0. The Bertz CT molecular complexity index is 1040. The van der Waals surface area contributed by atoms with E-state index >= 15 is 0 Å². The highest BCUT2D eigenvalue weighted by molar-refractivity contribution is 5.92. The number of benzene rings is 2. The number of carbonyl (C=O) groups excluding carboxylic acids is 3. The highest BCUT2D eigenvalue weighted by Crippen LogP contribution is 2.44. The predicted molar refractivity (Wildman–Crippen MR) is 125 cm³/mol. The molecule has 2 aromatic carbocycles. The number of nitrogens with one attached hydrogen (secondary N) is 1. The molecule has 0 saturated carbocycles. The number of amides is 2. The van der Waals surface area contributed by atoms with Crippen LogP contribution in [0.3, 0.4) is 0 Å². The van der Waals surface area contributed by atoms with Crippen LogP contribution in [-0.2, 0) is 19.1 Å². The lowest BCUT2D eigenvalue weighted by atomic mass is 9.98. The topological polar surface area (TPSA) is 105 Å². The van der Waals surface area contributed by atoms with Crippen LogP contribution in [-0.4, -0.2) is 66.4 Å².